The summed E-state index contributed by atoms with van der Waals surface area (Å²) in [6.07, 6.45) is 5.41. The van der Waals surface area contributed by atoms with E-state index in [2.05, 4.69) is 66.5 Å². The van der Waals surface area contributed by atoms with Crippen molar-refractivity contribution in [1.82, 2.24) is 23.4 Å². The summed E-state index contributed by atoms with van der Waals surface area (Å²) in [5.41, 5.74) is 3.82. The average molecular weight is 478 g/mol. The number of pyridine rings is 1. The lowest BCUT2D eigenvalue weighted by Crippen LogP contribution is -2.29. The van der Waals surface area contributed by atoms with E-state index in [1.165, 1.54) is 11.3 Å². The van der Waals surface area contributed by atoms with Crippen molar-refractivity contribution in [2.45, 2.75) is 51.0 Å². The van der Waals surface area contributed by atoms with Gasteiger partial charge in [-0.05, 0) is 54.5 Å². The van der Waals surface area contributed by atoms with Crippen LogP contribution in [0.15, 0.2) is 63.1 Å². The summed E-state index contributed by atoms with van der Waals surface area (Å²) in [4.78, 5) is 23.0. The van der Waals surface area contributed by atoms with Gasteiger partial charge in [-0.15, -0.1) is 0 Å². The second-order valence-corrected chi connectivity index (χ2v) is 11.4. The minimum absolute atomic E-state index is 0.00387. The largest absolute Gasteiger partial charge is 0.444 e. The van der Waals surface area contributed by atoms with E-state index in [0.29, 0.717) is 12.5 Å². The summed E-state index contributed by atoms with van der Waals surface area (Å²) in [5.74, 6) is 1.13. The maximum absolute atomic E-state index is 12.9. The molecular formula is C26H31N5O2S. The van der Waals surface area contributed by atoms with E-state index in [1.807, 2.05) is 11.6 Å². The third-order valence-electron chi connectivity index (χ3n) is 6.24. The first-order valence-corrected chi connectivity index (χ1v) is 12.5. The highest BCUT2D eigenvalue weighted by atomic mass is 32.2. The average Bonchev–Trinajstić information content (AvgIpc) is 3.43. The molecule has 1 unspecified atom stereocenters. The van der Waals surface area contributed by atoms with Gasteiger partial charge in [0.25, 0.3) is 0 Å². The molecule has 0 radical (unpaired) electrons. The molecule has 7 nitrogen and oxygen atoms in total. The molecule has 34 heavy (non-hydrogen) atoms. The molecule has 0 aliphatic carbocycles. The van der Waals surface area contributed by atoms with Crippen molar-refractivity contribution in [2.75, 3.05) is 13.1 Å². The molecule has 0 bridgehead atoms. The molecule has 178 valence electrons. The van der Waals surface area contributed by atoms with Crippen molar-refractivity contribution in [3.05, 3.63) is 65.2 Å². The Kier molecular flexibility index (Phi) is 6.12. The summed E-state index contributed by atoms with van der Waals surface area (Å²) in [6.45, 7) is 9.10. The Morgan fingerprint density at radius 3 is 2.65 bits per heavy atom. The number of piperidine rings is 1. The van der Waals surface area contributed by atoms with E-state index >= 15 is 0 Å². The molecule has 1 saturated heterocycles. The maximum atomic E-state index is 12.9. The molecule has 1 aliphatic heterocycles. The van der Waals surface area contributed by atoms with E-state index in [9.17, 15) is 4.79 Å². The highest BCUT2D eigenvalue weighted by Crippen LogP contribution is 2.34. The molecule has 4 heterocycles. The van der Waals surface area contributed by atoms with Gasteiger partial charge in [-0.2, -0.15) is 0 Å². The van der Waals surface area contributed by atoms with Crippen LogP contribution in [0, 0.1) is 5.41 Å². The summed E-state index contributed by atoms with van der Waals surface area (Å²) >= 11 is 1.79. The zero-order chi connectivity index (χ0) is 23.9. The predicted octanol–water partition coefficient (Wildman–Crippen LogP) is 5.32. The van der Waals surface area contributed by atoms with E-state index < -0.39 is 0 Å². The monoisotopic (exact) mass is 477 g/mol. The SMILES string of the molecule is Cn1c(=O)n(CC(C)(C)C)c2ccc(C3CCCN(Sc4ccc(-c5cnco5)cc4)C3)nc21. The highest BCUT2D eigenvalue weighted by Gasteiger charge is 2.25. The van der Waals surface area contributed by atoms with Gasteiger partial charge < -0.3 is 4.42 Å². The lowest BCUT2D eigenvalue weighted by molar-refractivity contribution is 0.339. The molecule has 0 amide bonds. The minimum Gasteiger partial charge on any atom is -0.444 e. The predicted molar refractivity (Wildman–Crippen MR) is 136 cm³/mol. The second-order valence-electron chi connectivity index (χ2n) is 10.3. The number of aromatic nitrogens is 4. The van der Waals surface area contributed by atoms with Gasteiger partial charge in [0.15, 0.2) is 17.8 Å². The summed E-state index contributed by atoms with van der Waals surface area (Å²) in [7, 11) is 1.83. The lowest BCUT2D eigenvalue weighted by atomic mass is 9.95. The van der Waals surface area contributed by atoms with Crippen molar-refractivity contribution in [3.63, 3.8) is 0 Å². The lowest BCUT2D eigenvalue weighted by Gasteiger charge is -2.31. The quantitative estimate of drug-likeness (QED) is 0.362. The van der Waals surface area contributed by atoms with Crippen LogP contribution in [0.1, 0.15) is 45.2 Å². The topological polar surface area (TPSA) is 69.1 Å². The van der Waals surface area contributed by atoms with Gasteiger partial charge in [0.05, 0.1) is 11.7 Å². The first kappa shape index (κ1) is 22.9. The number of nitrogens with zero attached hydrogens (tertiary/aromatic N) is 5. The van der Waals surface area contributed by atoms with Gasteiger partial charge in [-0.25, -0.2) is 19.1 Å². The number of hydrogen-bond acceptors (Lipinski definition) is 6. The fourth-order valence-electron chi connectivity index (χ4n) is 4.60. The van der Waals surface area contributed by atoms with Crippen LogP contribution in [0.25, 0.3) is 22.5 Å². The van der Waals surface area contributed by atoms with Crippen LogP contribution in [-0.2, 0) is 13.6 Å². The second kappa shape index (κ2) is 9.07. The summed E-state index contributed by atoms with van der Waals surface area (Å²) < 4.78 is 11.4. The Hall–Kier alpha value is -2.84. The van der Waals surface area contributed by atoms with Crippen LogP contribution in [0.3, 0.4) is 0 Å². The van der Waals surface area contributed by atoms with Crippen LogP contribution >= 0.6 is 11.9 Å². The van der Waals surface area contributed by atoms with Gasteiger partial charge in [-0.1, -0.05) is 32.9 Å². The van der Waals surface area contributed by atoms with Gasteiger partial charge in [0, 0.05) is 48.8 Å². The van der Waals surface area contributed by atoms with Crippen LogP contribution in [0.5, 0.6) is 0 Å². The van der Waals surface area contributed by atoms with Gasteiger partial charge in [-0.3, -0.25) is 9.13 Å². The van der Waals surface area contributed by atoms with Crippen LogP contribution in [0.4, 0.5) is 0 Å². The van der Waals surface area contributed by atoms with Gasteiger partial charge in [0.1, 0.15) is 0 Å². The molecule has 0 N–H and O–H groups in total. The molecule has 0 spiro atoms. The first-order valence-electron chi connectivity index (χ1n) is 11.8. The Balaban J connectivity index is 1.33. The molecule has 1 fully saturated rings. The van der Waals surface area contributed by atoms with E-state index in [0.717, 1.165) is 54.1 Å². The first-order chi connectivity index (χ1) is 16.3. The van der Waals surface area contributed by atoms with Crippen LogP contribution in [-0.4, -0.2) is 36.5 Å². The molecule has 0 saturated carbocycles. The number of benzene rings is 1. The van der Waals surface area contributed by atoms with Crippen molar-refractivity contribution in [2.24, 2.45) is 12.5 Å². The van der Waals surface area contributed by atoms with Crippen molar-refractivity contribution in [3.8, 4) is 11.3 Å². The standard InChI is InChI=1S/C26H31N5O2S/c1-26(2,3)16-31-22-12-11-21(28-24(22)29(4)25(31)32)19-6-5-13-30(15-19)34-20-9-7-18(8-10-20)23-14-27-17-33-23/h7-12,14,17,19H,5-6,13,15-16H2,1-4H3. The molecule has 4 aromatic rings. The number of hydrogen-bond donors (Lipinski definition) is 0. The Morgan fingerprint density at radius 2 is 1.94 bits per heavy atom. The molecule has 3 aromatic heterocycles. The molecule has 5 rings (SSSR count). The fraction of sp³-hybridized carbons (Fsp3) is 0.423. The van der Waals surface area contributed by atoms with Crippen molar-refractivity contribution < 1.29 is 4.42 Å². The van der Waals surface area contributed by atoms with E-state index in [-0.39, 0.29) is 11.1 Å². The Morgan fingerprint density at radius 1 is 1.15 bits per heavy atom. The van der Waals surface area contributed by atoms with Gasteiger partial charge in [0.2, 0.25) is 0 Å². The summed E-state index contributed by atoms with van der Waals surface area (Å²) in [6, 6.07) is 12.6. The van der Waals surface area contributed by atoms with Crippen molar-refractivity contribution in [1.29, 1.82) is 0 Å². The Labute approximate surface area is 203 Å². The molecule has 1 aliphatic rings. The van der Waals surface area contributed by atoms with Gasteiger partial charge >= 0.3 is 5.69 Å². The summed E-state index contributed by atoms with van der Waals surface area (Å²) in [5, 5.41) is 0. The molecule has 1 atom stereocenters. The third kappa shape index (κ3) is 4.70. The minimum atomic E-state index is 0.00387. The third-order valence-corrected chi connectivity index (χ3v) is 7.32. The van der Waals surface area contributed by atoms with Crippen LogP contribution < -0.4 is 5.69 Å². The fourth-order valence-corrected chi connectivity index (χ4v) is 5.63. The maximum Gasteiger partial charge on any atom is 0.330 e. The number of imidazole rings is 1. The Bertz CT molecular complexity index is 1330. The van der Waals surface area contributed by atoms with E-state index in [1.54, 1.807) is 22.7 Å². The number of rotatable bonds is 5. The zero-order valence-corrected chi connectivity index (χ0v) is 21.0. The smallest absolute Gasteiger partial charge is 0.330 e. The number of oxazole rings is 1. The zero-order valence-electron chi connectivity index (χ0n) is 20.2. The van der Waals surface area contributed by atoms with Crippen molar-refractivity contribution >= 4 is 23.1 Å². The van der Waals surface area contributed by atoms with Crippen LogP contribution in [0.2, 0.25) is 0 Å². The number of fused-ring (bicyclic) bond motifs is 1. The highest BCUT2D eigenvalue weighted by molar-refractivity contribution is 7.97. The normalized spacial score (nSPS) is 17.5. The number of aryl methyl sites for hydroxylation is 1. The molecular weight excluding hydrogens is 446 g/mol. The molecule has 1 aromatic carbocycles. The molecule has 8 heteroatoms. The van der Waals surface area contributed by atoms with E-state index in [4.69, 9.17) is 9.40 Å².